The first kappa shape index (κ1) is 18.8. The van der Waals surface area contributed by atoms with E-state index in [9.17, 15) is 14.0 Å². The van der Waals surface area contributed by atoms with Gasteiger partial charge in [-0.25, -0.2) is 9.37 Å². The molecule has 1 fully saturated rings. The highest BCUT2D eigenvalue weighted by molar-refractivity contribution is 5.84. The molecule has 8 heteroatoms. The average molecular weight is 372 g/mol. The Bertz CT molecular complexity index is 859. The second-order valence-corrected chi connectivity index (χ2v) is 6.39. The van der Waals surface area contributed by atoms with Crippen LogP contribution >= 0.6 is 0 Å². The van der Waals surface area contributed by atoms with Gasteiger partial charge in [-0.3, -0.25) is 9.59 Å². The van der Waals surface area contributed by atoms with Gasteiger partial charge in [-0.1, -0.05) is 12.1 Å². The molecule has 2 aromatic rings. The fraction of sp³-hybridized carbons (Fsp3) is 0.368. The molecule has 0 saturated carbocycles. The van der Waals surface area contributed by atoms with E-state index in [0.29, 0.717) is 24.5 Å². The molecule has 0 spiro atoms. The molecule has 0 aliphatic carbocycles. The number of nitrogens with one attached hydrogen (secondary N) is 1. The maximum absolute atomic E-state index is 13.8. The lowest BCUT2D eigenvalue weighted by Gasteiger charge is -2.24. The third-order valence-electron chi connectivity index (χ3n) is 4.26. The summed E-state index contributed by atoms with van der Waals surface area (Å²) in [7, 11) is 0. The molecule has 1 unspecified atom stereocenters. The third-order valence-corrected chi connectivity index (χ3v) is 4.26. The molecule has 1 aromatic carbocycles. The highest BCUT2D eigenvalue weighted by atomic mass is 19.1. The van der Waals surface area contributed by atoms with Gasteiger partial charge in [0, 0.05) is 25.2 Å². The van der Waals surface area contributed by atoms with Crippen LogP contribution in [0.2, 0.25) is 0 Å². The SMILES string of the molecule is CC(=O)NCC(=O)N1CCCC1c1nc(C)cc(Oc2ccccc2F)n1. The Balaban J connectivity index is 1.81. The zero-order valence-corrected chi connectivity index (χ0v) is 15.2. The van der Waals surface area contributed by atoms with E-state index < -0.39 is 5.82 Å². The number of carbonyl (C=O) groups excluding carboxylic acids is 2. The molecule has 3 rings (SSSR count). The van der Waals surface area contributed by atoms with Crippen LogP contribution in [0.15, 0.2) is 30.3 Å². The number of carbonyl (C=O) groups is 2. The number of aromatic nitrogens is 2. The molecular weight excluding hydrogens is 351 g/mol. The fourth-order valence-corrected chi connectivity index (χ4v) is 3.04. The van der Waals surface area contributed by atoms with Crippen molar-refractivity contribution in [3.63, 3.8) is 0 Å². The van der Waals surface area contributed by atoms with Crippen molar-refractivity contribution in [2.75, 3.05) is 13.1 Å². The summed E-state index contributed by atoms with van der Waals surface area (Å²) < 4.78 is 19.4. The highest BCUT2D eigenvalue weighted by Gasteiger charge is 2.32. The van der Waals surface area contributed by atoms with Gasteiger partial charge in [-0.15, -0.1) is 0 Å². The van der Waals surface area contributed by atoms with E-state index in [1.54, 1.807) is 30.0 Å². The molecule has 1 saturated heterocycles. The zero-order valence-electron chi connectivity index (χ0n) is 15.2. The molecule has 142 valence electrons. The van der Waals surface area contributed by atoms with Crippen LogP contribution in [0.5, 0.6) is 11.6 Å². The lowest BCUT2D eigenvalue weighted by Crippen LogP contribution is -2.39. The van der Waals surface area contributed by atoms with Crippen molar-refractivity contribution in [1.29, 1.82) is 0 Å². The number of halogens is 1. The van der Waals surface area contributed by atoms with E-state index in [1.807, 2.05) is 0 Å². The van der Waals surface area contributed by atoms with Crippen LogP contribution < -0.4 is 10.1 Å². The summed E-state index contributed by atoms with van der Waals surface area (Å²) in [6, 6.07) is 7.40. The summed E-state index contributed by atoms with van der Waals surface area (Å²) in [5, 5.41) is 2.52. The number of amides is 2. The summed E-state index contributed by atoms with van der Waals surface area (Å²) in [6.07, 6.45) is 1.53. The number of nitrogens with zero attached hydrogens (tertiary/aromatic N) is 3. The minimum atomic E-state index is -0.483. The quantitative estimate of drug-likeness (QED) is 0.872. The van der Waals surface area contributed by atoms with Crippen LogP contribution in [0, 0.1) is 12.7 Å². The van der Waals surface area contributed by atoms with Gasteiger partial charge in [0.05, 0.1) is 12.6 Å². The monoisotopic (exact) mass is 372 g/mol. The van der Waals surface area contributed by atoms with Crippen LogP contribution in [0.25, 0.3) is 0 Å². The topological polar surface area (TPSA) is 84.4 Å². The number of hydrogen-bond donors (Lipinski definition) is 1. The van der Waals surface area contributed by atoms with Gasteiger partial charge in [0.1, 0.15) is 0 Å². The number of ether oxygens (including phenoxy) is 1. The van der Waals surface area contributed by atoms with Gasteiger partial charge in [0.2, 0.25) is 17.7 Å². The minimum absolute atomic E-state index is 0.0593. The van der Waals surface area contributed by atoms with E-state index in [4.69, 9.17) is 4.74 Å². The normalized spacial score (nSPS) is 16.3. The summed E-state index contributed by atoms with van der Waals surface area (Å²) >= 11 is 0. The Morgan fingerprint density at radius 2 is 2.11 bits per heavy atom. The molecule has 2 amide bonds. The van der Waals surface area contributed by atoms with Crippen molar-refractivity contribution in [2.24, 2.45) is 0 Å². The van der Waals surface area contributed by atoms with Crippen molar-refractivity contribution >= 4 is 11.8 Å². The number of aryl methyl sites for hydroxylation is 1. The molecule has 0 bridgehead atoms. The second kappa shape index (κ2) is 8.11. The van der Waals surface area contributed by atoms with Gasteiger partial charge in [-0.2, -0.15) is 4.98 Å². The smallest absolute Gasteiger partial charge is 0.242 e. The molecule has 27 heavy (non-hydrogen) atoms. The summed E-state index contributed by atoms with van der Waals surface area (Å²) in [5.74, 6) is -0.172. The Labute approximate surface area is 156 Å². The minimum Gasteiger partial charge on any atom is -0.436 e. The van der Waals surface area contributed by atoms with Crippen molar-refractivity contribution in [2.45, 2.75) is 32.7 Å². The highest BCUT2D eigenvalue weighted by Crippen LogP contribution is 2.32. The molecule has 1 aliphatic heterocycles. The first-order chi connectivity index (χ1) is 12.9. The van der Waals surface area contributed by atoms with Gasteiger partial charge in [0.25, 0.3) is 0 Å². The summed E-state index contributed by atoms with van der Waals surface area (Å²) in [6.45, 7) is 3.67. The molecule has 1 atom stereocenters. The standard InChI is InChI=1S/C19H21FN4O3/c1-12-10-17(27-16-8-4-3-6-14(16)20)23-19(22-12)15-7-5-9-24(15)18(26)11-21-13(2)25/h3-4,6,8,10,15H,5,7,9,11H2,1-2H3,(H,21,25). The fourth-order valence-electron chi connectivity index (χ4n) is 3.04. The summed E-state index contributed by atoms with van der Waals surface area (Å²) in [5.41, 5.74) is 0.660. The first-order valence-electron chi connectivity index (χ1n) is 8.76. The van der Waals surface area contributed by atoms with E-state index >= 15 is 0 Å². The number of rotatable bonds is 5. The molecule has 0 radical (unpaired) electrons. The van der Waals surface area contributed by atoms with Gasteiger partial charge >= 0.3 is 0 Å². The number of likely N-dealkylation sites (tertiary alicyclic amines) is 1. The van der Waals surface area contributed by atoms with Crippen molar-refractivity contribution in [3.05, 3.63) is 47.7 Å². The van der Waals surface area contributed by atoms with E-state index in [-0.39, 0.29) is 36.0 Å². The second-order valence-electron chi connectivity index (χ2n) is 6.39. The molecule has 1 aromatic heterocycles. The Kier molecular flexibility index (Phi) is 5.63. The average Bonchev–Trinajstić information content (AvgIpc) is 3.11. The Morgan fingerprint density at radius 3 is 2.85 bits per heavy atom. The van der Waals surface area contributed by atoms with Gasteiger partial charge in [0.15, 0.2) is 17.4 Å². The van der Waals surface area contributed by atoms with Crippen LogP contribution in [-0.2, 0) is 9.59 Å². The van der Waals surface area contributed by atoms with Crippen molar-refractivity contribution in [3.8, 4) is 11.6 Å². The van der Waals surface area contributed by atoms with Crippen LogP contribution in [0.1, 0.15) is 37.3 Å². The van der Waals surface area contributed by atoms with E-state index in [1.165, 1.54) is 19.1 Å². The molecular formula is C19H21FN4O3. The van der Waals surface area contributed by atoms with E-state index in [0.717, 1.165) is 6.42 Å². The number of benzene rings is 1. The molecule has 1 aliphatic rings. The zero-order chi connectivity index (χ0) is 19.4. The predicted molar refractivity (Wildman–Crippen MR) is 95.6 cm³/mol. The van der Waals surface area contributed by atoms with Crippen molar-refractivity contribution < 1.29 is 18.7 Å². The summed E-state index contributed by atoms with van der Waals surface area (Å²) in [4.78, 5) is 34.0. The maximum Gasteiger partial charge on any atom is 0.242 e. The van der Waals surface area contributed by atoms with Crippen LogP contribution in [0.4, 0.5) is 4.39 Å². The molecule has 1 N–H and O–H groups in total. The molecule has 7 nitrogen and oxygen atoms in total. The lowest BCUT2D eigenvalue weighted by atomic mass is 10.2. The van der Waals surface area contributed by atoms with Crippen LogP contribution in [0.3, 0.4) is 0 Å². The number of para-hydroxylation sites is 1. The lowest BCUT2D eigenvalue weighted by molar-refractivity contribution is -0.133. The largest absolute Gasteiger partial charge is 0.436 e. The van der Waals surface area contributed by atoms with Crippen LogP contribution in [-0.4, -0.2) is 39.8 Å². The third kappa shape index (κ3) is 4.58. The Morgan fingerprint density at radius 1 is 1.33 bits per heavy atom. The van der Waals surface area contributed by atoms with Gasteiger partial charge < -0.3 is 15.0 Å². The van der Waals surface area contributed by atoms with Gasteiger partial charge in [-0.05, 0) is 31.9 Å². The van der Waals surface area contributed by atoms with E-state index in [2.05, 4.69) is 15.3 Å². The maximum atomic E-state index is 13.8. The molecule has 2 heterocycles. The first-order valence-corrected chi connectivity index (χ1v) is 8.76. The predicted octanol–water partition coefficient (Wildman–Crippen LogP) is 2.52. The number of hydrogen-bond acceptors (Lipinski definition) is 5. The Hall–Kier alpha value is -3.03. The van der Waals surface area contributed by atoms with Crippen molar-refractivity contribution in [1.82, 2.24) is 20.2 Å².